The molecule has 1 aromatic heterocycles. The molecule has 1 nitrogen and oxygen atoms in total. The lowest BCUT2D eigenvalue weighted by Crippen LogP contribution is -1.96. The predicted molar refractivity (Wildman–Crippen MR) is 218 cm³/mol. The van der Waals surface area contributed by atoms with Crippen molar-refractivity contribution in [3.8, 4) is 50.2 Å². The highest BCUT2D eigenvalue weighted by atomic mass is 15.0. The summed E-state index contributed by atoms with van der Waals surface area (Å²) in [6.07, 6.45) is 0. The minimum Gasteiger partial charge on any atom is -0.309 e. The number of fused-ring (bicyclic) bond motifs is 5. The Balaban J connectivity index is 1.26. The van der Waals surface area contributed by atoms with E-state index >= 15 is 0 Å². The monoisotopic (exact) mass is 647 g/mol. The Kier molecular flexibility index (Phi) is 6.89. The third-order valence-electron chi connectivity index (χ3n) is 10.4. The van der Waals surface area contributed by atoms with E-state index in [9.17, 15) is 0 Å². The van der Waals surface area contributed by atoms with Crippen molar-refractivity contribution < 1.29 is 0 Å². The van der Waals surface area contributed by atoms with E-state index in [0.717, 1.165) is 5.69 Å². The molecule has 0 N–H and O–H groups in total. The highest BCUT2D eigenvalue weighted by Crippen LogP contribution is 2.48. The second kappa shape index (κ2) is 12.0. The van der Waals surface area contributed by atoms with Gasteiger partial charge < -0.3 is 4.57 Å². The predicted octanol–water partition coefficient (Wildman–Crippen LogP) is 13.8. The van der Waals surface area contributed by atoms with E-state index in [0.29, 0.717) is 0 Å². The molecule has 0 spiro atoms. The van der Waals surface area contributed by atoms with Gasteiger partial charge in [0.25, 0.3) is 0 Å². The van der Waals surface area contributed by atoms with Crippen LogP contribution in [0.25, 0.3) is 93.5 Å². The normalized spacial score (nSPS) is 11.5. The Morgan fingerprint density at radius 2 is 0.706 bits per heavy atom. The average Bonchev–Trinajstić information content (AvgIpc) is 3.55. The summed E-state index contributed by atoms with van der Waals surface area (Å²) in [5, 5.41) is 7.53. The summed E-state index contributed by atoms with van der Waals surface area (Å²) in [6.45, 7) is 0. The average molecular weight is 648 g/mol. The molecule has 0 unspecified atom stereocenters. The molecule has 0 amide bonds. The lowest BCUT2D eigenvalue weighted by atomic mass is 9.83. The molecule has 238 valence electrons. The van der Waals surface area contributed by atoms with E-state index in [1.54, 1.807) is 0 Å². The van der Waals surface area contributed by atoms with Crippen LogP contribution in [-0.2, 0) is 0 Å². The van der Waals surface area contributed by atoms with Gasteiger partial charge in [-0.25, -0.2) is 0 Å². The van der Waals surface area contributed by atoms with Crippen LogP contribution in [0.4, 0.5) is 0 Å². The number of para-hydroxylation sites is 3. The zero-order valence-electron chi connectivity index (χ0n) is 28.0. The number of hydrogen-bond acceptors (Lipinski definition) is 0. The van der Waals surface area contributed by atoms with Gasteiger partial charge >= 0.3 is 0 Å². The molecule has 51 heavy (non-hydrogen) atoms. The summed E-state index contributed by atoms with van der Waals surface area (Å²) in [7, 11) is 0. The van der Waals surface area contributed by atoms with Gasteiger partial charge in [-0.05, 0) is 78.7 Å². The minimum atomic E-state index is 1.16. The topological polar surface area (TPSA) is 4.93 Å². The summed E-state index contributed by atoms with van der Waals surface area (Å²) in [5.41, 5.74) is 13.5. The van der Waals surface area contributed by atoms with Gasteiger partial charge in [-0.15, -0.1) is 0 Å². The van der Waals surface area contributed by atoms with Crippen molar-refractivity contribution in [2.24, 2.45) is 0 Å². The first-order valence-electron chi connectivity index (χ1n) is 17.6. The van der Waals surface area contributed by atoms with Crippen LogP contribution in [0.2, 0.25) is 0 Å². The van der Waals surface area contributed by atoms with E-state index in [1.165, 1.54) is 87.9 Å². The Labute approximate surface area is 297 Å². The Hall–Kier alpha value is -6.70. The van der Waals surface area contributed by atoms with Gasteiger partial charge in [-0.1, -0.05) is 182 Å². The molecule has 0 atom stereocenters. The maximum Gasteiger partial charge on any atom is 0.0619 e. The van der Waals surface area contributed by atoms with Crippen LogP contribution in [0.1, 0.15) is 0 Å². The Morgan fingerprint density at radius 1 is 0.255 bits per heavy atom. The molecule has 0 fully saturated rings. The third kappa shape index (κ3) is 4.70. The van der Waals surface area contributed by atoms with Crippen LogP contribution in [0.5, 0.6) is 0 Å². The van der Waals surface area contributed by atoms with Crippen molar-refractivity contribution >= 4 is 43.4 Å². The molecule has 9 aromatic carbocycles. The quantitative estimate of drug-likeness (QED) is 0.164. The summed E-state index contributed by atoms with van der Waals surface area (Å²) in [5.74, 6) is 0. The van der Waals surface area contributed by atoms with Crippen LogP contribution in [0.3, 0.4) is 0 Å². The van der Waals surface area contributed by atoms with Crippen LogP contribution < -0.4 is 0 Å². The fourth-order valence-corrected chi connectivity index (χ4v) is 8.21. The molecule has 0 radical (unpaired) electrons. The highest BCUT2D eigenvalue weighted by Gasteiger charge is 2.22. The molecule has 0 aliphatic heterocycles. The number of nitrogens with zero attached hydrogens (tertiary/aromatic N) is 1. The van der Waals surface area contributed by atoms with Crippen LogP contribution in [-0.4, -0.2) is 4.57 Å². The van der Waals surface area contributed by atoms with Gasteiger partial charge in [-0.3, -0.25) is 0 Å². The molecular weight excluding hydrogens is 615 g/mol. The number of benzene rings is 9. The molecule has 0 bridgehead atoms. The maximum atomic E-state index is 2.44. The first-order valence-corrected chi connectivity index (χ1v) is 17.6. The standard InChI is InChI=1S/C50H33N/c1-3-16-34(17-4-1)35-30-32-36(33-31-35)48-41-23-9-11-25-43(41)49(44-26-12-10-24-42(44)48)40-22-8-7-20-38(40)45-27-15-28-46-39-21-13-14-29-47(39)51(50(45)46)37-18-5-2-6-19-37/h1-33H. The molecular formula is C50H33N. The zero-order valence-corrected chi connectivity index (χ0v) is 28.0. The van der Waals surface area contributed by atoms with Crippen LogP contribution >= 0.6 is 0 Å². The van der Waals surface area contributed by atoms with Crippen molar-refractivity contribution in [1.82, 2.24) is 4.57 Å². The largest absolute Gasteiger partial charge is 0.309 e. The molecule has 0 aliphatic carbocycles. The Bertz CT molecular complexity index is 2820. The summed E-state index contributed by atoms with van der Waals surface area (Å²) >= 11 is 0. The second-order valence-electron chi connectivity index (χ2n) is 13.2. The van der Waals surface area contributed by atoms with Crippen molar-refractivity contribution in [2.75, 3.05) is 0 Å². The number of aromatic nitrogens is 1. The maximum absolute atomic E-state index is 2.44. The molecule has 0 saturated carbocycles. The van der Waals surface area contributed by atoms with E-state index < -0.39 is 0 Å². The molecule has 10 rings (SSSR count). The molecule has 10 aromatic rings. The summed E-state index contributed by atoms with van der Waals surface area (Å²) in [4.78, 5) is 0. The number of hydrogen-bond donors (Lipinski definition) is 0. The SMILES string of the molecule is c1ccc(-c2ccc(-c3c4ccccc4c(-c4ccccc4-c4cccc5c6ccccc6n(-c6ccccc6)c45)c4ccccc34)cc2)cc1. The lowest BCUT2D eigenvalue weighted by molar-refractivity contribution is 1.18. The third-order valence-corrected chi connectivity index (χ3v) is 10.4. The zero-order chi connectivity index (χ0) is 33.7. The van der Waals surface area contributed by atoms with Gasteiger partial charge in [0, 0.05) is 22.0 Å². The fraction of sp³-hybridized carbons (Fsp3) is 0. The minimum absolute atomic E-state index is 1.16. The molecule has 0 saturated heterocycles. The second-order valence-corrected chi connectivity index (χ2v) is 13.2. The first kappa shape index (κ1) is 29.2. The van der Waals surface area contributed by atoms with Crippen molar-refractivity contribution in [1.29, 1.82) is 0 Å². The highest BCUT2D eigenvalue weighted by molar-refractivity contribution is 6.23. The van der Waals surface area contributed by atoms with E-state index in [2.05, 4.69) is 205 Å². The van der Waals surface area contributed by atoms with Crippen LogP contribution in [0, 0.1) is 0 Å². The summed E-state index contributed by atoms with van der Waals surface area (Å²) < 4.78 is 2.44. The number of rotatable bonds is 5. The lowest BCUT2D eigenvalue weighted by Gasteiger charge is -2.20. The first-order chi connectivity index (χ1) is 25.3. The van der Waals surface area contributed by atoms with E-state index in [-0.39, 0.29) is 0 Å². The molecule has 1 heteroatoms. The van der Waals surface area contributed by atoms with Crippen LogP contribution in [0.15, 0.2) is 200 Å². The molecule has 0 aliphatic rings. The summed E-state index contributed by atoms with van der Waals surface area (Å²) in [6, 6.07) is 72.9. The van der Waals surface area contributed by atoms with Crippen molar-refractivity contribution in [3.05, 3.63) is 200 Å². The van der Waals surface area contributed by atoms with Gasteiger partial charge in [0.2, 0.25) is 0 Å². The van der Waals surface area contributed by atoms with Gasteiger partial charge in [0.15, 0.2) is 0 Å². The fourth-order valence-electron chi connectivity index (χ4n) is 8.21. The Morgan fingerprint density at radius 3 is 1.37 bits per heavy atom. The van der Waals surface area contributed by atoms with Gasteiger partial charge in [0.05, 0.1) is 11.0 Å². The molecule has 1 heterocycles. The van der Waals surface area contributed by atoms with E-state index in [1.807, 2.05) is 0 Å². The van der Waals surface area contributed by atoms with Gasteiger partial charge in [0.1, 0.15) is 0 Å². The van der Waals surface area contributed by atoms with Gasteiger partial charge in [-0.2, -0.15) is 0 Å². The smallest absolute Gasteiger partial charge is 0.0619 e. The van der Waals surface area contributed by atoms with E-state index in [4.69, 9.17) is 0 Å². The van der Waals surface area contributed by atoms with Crippen molar-refractivity contribution in [3.63, 3.8) is 0 Å². The van der Waals surface area contributed by atoms with Crippen molar-refractivity contribution in [2.45, 2.75) is 0 Å².